The largest absolute Gasteiger partial charge is 0.392 e. The van der Waals surface area contributed by atoms with E-state index in [0.717, 1.165) is 18.8 Å². The van der Waals surface area contributed by atoms with Gasteiger partial charge in [-0.05, 0) is 39.0 Å². The van der Waals surface area contributed by atoms with Crippen LogP contribution >= 0.6 is 0 Å². The zero-order valence-electron chi connectivity index (χ0n) is 9.30. The van der Waals surface area contributed by atoms with Crippen molar-refractivity contribution in [1.29, 1.82) is 0 Å². The highest BCUT2D eigenvalue weighted by Crippen LogP contribution is 2.40. The van der Waals surface area contributed by atoms with Gasteiger partial charge in [0.1, 0.15) is 0 Å². The fraction of sp³-hybridized carbons (Fsp3) is 0.833. The van der Waals surface area contributed by atoms with Crippen LogP contribution in [0.5, 0.6) is 0 Å². The van der Waals surface area contributed by atoms with Crippen LogP contribution in [-0.4, -0.2) is 11.2 Å². The topological polar surface area (TPSA) is 20.2 Å². The molecule has 1 fully saturated rings. The summed E-state index contributed by atoms with van der Waals surface area (Å²) >= 11 is 0. The predicted octanol–water partition coefficient (Wildman–Crippen LogP) is 3.14. The van der Waals surface area contributed by atoms with Crippen molar-refractivity contribution in [2.24, 2.45) is 11.3 Å². The van der Waals surface area contributed by atoms with E-state index in [0.29, 0.717) is 0 Å². The van der Waals surface area contributed by atoms with Gasteiger partial charge in [0, 0.05) is 5.41 Å². The molecular weight excluding hydrogens is 160 g/mol. The first-order valence-electron chi connectivity index (χ1n) is 5.28. The standard InChI is InChI=1S/C12H22O/c1-9(2)7-12(4)8-10(3)5-6-11(12)13/h7,10-11,13H,5-6,8H2,1-4H3. The minimum Gasteiger partial charge on any atom is -0.392 e. The Bertz CT molecular complexity index is 203. The normalized spacial score (nSPS) is 40.1. The van der Waals surface area contributed by atoms with Crippen LogP contribution in [0.1, 0.15) is 47.0 Å². The van der Waals surface area contributed by atoms with Gasteiger partial charge in [-0.2, -0.15) is 0 Å². The lowest BCUT2D eigenvalue weighted by molar-refractivity contribution is 0.0143. The van der Waals surface area contributed by atoms with Crippen LogP contribution in [0.25, 0.3) is 0 Å². The van der Waals surface area contributed by atoms with Gasteiger partial charge in [-0.3, -0.25) is 0 Å². The molecule has 0 heterocycles. The highest BCUT2D eigenvalue weighted by molar-refractivity contribution is 5.08. The molecule has 0 spiro atoms. The second kappa shape index (κ2) is 3.83. The Morgan fingerprint density at radius 3 is 2.54 bits per heavy atom. The fourth-order valence-corrected chi connectivity index (χ4v) is 2.58. The number of allylic oxidation sites excluding steroid dienone is 1. The summed E-state index contributed by atoms with van der Waals surface area (Å²) in [5.41, 5.74) is 1.34. The van der Waals surface area contributed by atoms with Crippen molar-refractivity contribution in [2.45, 2.75) is 53.1 Å². The summed E-state index contributed by atoms with van der Waals surface area (Å²) in [6.07, 6.45) is 5.36. The van der Waals surface area contributed by atoms with E-state index in [2.05, 4.69) is 33.8 Å². The first-order chi connectivity index (χ1) is 5.94. The second-order valence-electron chi connectivity index (χ2n) is 5.13. The summed E-state index contributed by atoms with van der Waals surface area (Å²) in [5, 5.41) is 9.95. The summed E-state index contributed by atoms with van der Waals surface area (Å²) in [5.74, 6) is 0.754. The molecule has 1 saturated carbocycles. The maximum Gasteiger partial charge on any atom is 0.0628 e. The monoisotopic (exact) mass is 182 g/mol. The Morgan fingerprint density at radius 1 is 1.38 bits per heavy atom. The quantitative estimate of drug-likeness (QED) is 0.618. The van der Waals surface area contributed by atoms with Crippen LogP contribution in [0.3, 0.4) is 0 Å². The van der Waals surface area contributed by atoms with Gasteiger partial charge in [-0.1, -0.05) is 25.5 Å². The lowest BCUT2D eigenvalue weighted by atomic mass is 9.69. The Morgan fingerprint density at radius 2 is 2.00 bits per heavy atom. The van der Waals surface area contributed by atoms with Crippen LogP contribution in [0, 0.1) is 11.3 Å². The summed E-state index contributed by atoms with van der Waals surface area (Å²) in [4.78, 5) is 0. The highest BCUT2D eigenvalue weighted by Gasteiger charge is 2.35. The number of rotatable bonds is 1. The minimum absolute atomic E-state index is 0.0243. The van der Waals surface area contributed by atoms with Crippen molar-refractivity contribution in [1.82, 2.24) is 0 Å². The zero-order valence-corrected chi connectivity index (χ0v) is 9.30. The average molecular weight is 182 g/mol. The van der Waals surface area contributed by atoms with Gasteiger partial charge >= 0.3 is 0 Å². The molecule has 0 bridgehead atoms. The molecule has 1 aliphatic carbocycles. The van der Waals surface area contributed by atoms with Gasteiger partial charge in [0.05, 0.1) is 6.10 Å². The van der Waals surface area contributed by atoms with Crippen LogP contribution in [0.4, 0.5) is 0 Å². The highest BCUT2D eigenvalue weighted by atomic mass is 16.3. The molecule has 0 amide bonds. The van der Waals surface area contributed by atoms with Gasteiger partial charge in [-0.15, -0.1) is 0 Å². The maximum absolute atomic E-state index is 9.95. The molecule has 0 radical (unpaired) electrons. The number of aliphatic hydroxyl groups is 1. The molecule has 1 N–H and O–H groups in total. The predicted molar refractivity (Wildman–Crippen MR) is 56.6 cm³/mol. The molecule has 13 heavy (non-hydrogen) atoms. The van der Waals surface area contributed by atoms with Gasteiger partial charge in [-0.25, -0.2) is 0 Å². The number of hydrogen-bond donors (Lipinski definition) is 1. The van der Waals surface area contributed by atoms with Crippen LogP contribution in [0.2, 0.25) is 0 Å². The number of aliphatic hydroxyl groups excluding tert-OH is 1. The molecule has 1 heteroatoms. The Balaban J connectivity index is 2.78. The van der Waals surface area contributed by atoms with Gasteiger partial charge in [0.25, 0.3) is 0 Å². The van der Waals surface area contributed by atoms with Crippen LogP contribution in [0.15, 0.2) is 11.6 Å². The SMILES string of the molecule is CC(C)=CC1(C)CC(C)CCC1O. The van der Waals surface area contributed by atoms with E-state index in [1.54, 1.807) is 0 Å². The van der Waals surface area contributed by atoms with Crippen LogP contribution in [-0.2, 0) is 0 Å². The van der Waals surface area contributed by atoms with Gasteiger partial charge in [0.2, 0.25) is 0 Å². The molecule has 1 rings (SSSR count). The molecule has 1 nitrogen and oxygen atoms in total. The second-order valence-corrected chi connectivity index (χ2v) is 5.13. The van der Waals surface area contributed by atoms with E-state index >= 15 is 0 Å². The van der Waals surface area contributed by atoms with Crippen molar-refractivity contribution in [3.63, 3.8) is 0 Å². The van der Waals surface area contributed by atoms with E-state index in [1.165, 1.54) is 12.0 Å². The molecule has 1 aliphatic rings. The van der Waals surface area contributed by atoms with Crippen LogP contribution < -0.4 is 0 Å². The lowest BCUT2D eigenvalue weighted by Gasteiger charge is -2.39. The van der Waals surface area contributed by atoms with Gasteiger partial charge < -0.3 is 5.11 Å². The van der Waals surface area contributed by atoms with Crippen molar-refractivity contribution in [3.05, 3.63) is 11.6 Å². The third-order valence-corrected chi connectivity index (χ3v) is 3.10. The number of hydrogen-bond acceptors (Lipinski definition) is 1. The molecule has 76 valence electrons. The summed E-state index contributed by atoms with van der Waals surface area (Å²) in [7, 11) is 0. The first-order valence-corrected chi connectivity index (χ1v) is 5.28. The van der Waals surface area contributed by atoms with E-state index < -0.39 is 0 Å². The Kier molecular flexibility index (Phi) is 3.18. The first kappa shape index (κ1) is 10.8. The minimum atomic E-state index is -0.140. The van der Waals surface area contributed by atoms with E-state index in [4.69, 9.17) is 0 Å². The molecule has 3 unspecified atom stereocenters. The van der Waals surface area contributed by atoms with Crippen molar-refractivity contribution >= 4 is 0 Å². The zero-order chi connectivity index (χ0) is 10.1. The van der Waals surface area contributed by atoms with E-state index in [-0.39, 0.29) is 11.5 Å². The molecule has 3 atom stereocenters. The lowest BCUT2D eigenvalue weighted by Crippen LogP contribution is -2.36. The van der Waals surface area contributed by atoms with Crippen molar-refractivity contribution in [3.8, 4) is 0 Å². The molecule has 0 saturated heterocycles. The molecular formula is C12H22O. The van der Waals surface area contributed by atoms with Crippen molar-refractivity contribution < 1.29 is 5.11 Å². The Hall–Kier alpha value is -0.300. The molecule has 0 aromatic carbocycles. The summed E-state index contributed by atoms with van der Waals surface area (Å²) < 4.78 is 0. The fourth-order valence-electron chi connectivity index (χ4n) is 2.58. The van der Waals surface area contributed by atoms with Crippen molar-refractivity contribution in [2.75, 3.05) is 0 Å². The van der Waals surface area contributed by atoms with E-state index in [9.17, 15) is 5.11 Å². The smallest absolute Gasteiger partial charge is 0.0628 e. The third-order valence-electron chi connectivity index (χ3n) is 3.10. The summed E-state index contributed by atoms with van der Waals surface area (Å²) in [6, 6.07) is 0. The van der Waals surface area contributed by atoms with Gasteiger partial charge in [0.15, 0.2) is 0 Å². The molecule has 0 aromatic rings. The third kappa shape index (κ3) is 2.57. The maximum atomic E-state index is 9.95. The molecule has 0 aliphatic heterocycles. The van der Waals surface area contributed by atoms with E-state index in [1.807, 2.05) is 0 Å². The Labute approximate surface area is 81.9 Å². The average Bonchev–Trinajstić information content (AvgIpc) is 1.95. The summed E-state index contributed by atoms with van der Waals surface area (Å²) in [6.45, 7) is 8.68. The molecule has 0 aromatic heterocycles.